The molecule has 5 nitrogen and oxygen atoms in total. The molecule has 19 heavy (non-hydrogen) atoms. The summed E-state index contributed by atoms with van der Waals surface area (Å²) in [6.45, 7) is 10.3. The number of amides is 2. The molecule has 110 valence electrons. The second-order valence-electron chi connectivity index (χ2n) is 6.34. The van der Waals surface area contributed by atoms with Crippen LogP contribution in [0.4, 0.5) is 0 Å². The van der Waals surface area contributed by atoms with Gasteiger partial charge in [-0.1, -0.05) is 0 Å². The maximum atomic E-state index is 11.7. The van der Waals surface area contributed by atoms with Gasteiger partial charge in [-0.2, -0.15) is 0 Å². The molecule has 0 radical (unpaired) electrons. The fourth-order valence-corrected chi connectivity index (χ4v) is 2.17. The minimum absolute atomic E-state index is 0.0178. The quantitative estimate of drug-likeness (QED) is 0.753. The fourth-order valence-electron chi connectivity index (χ4n) is 2.17. The monoisotopic (exact) mass is 269 g/mol. The number of carbonyl (C=O) groups is 2. The highest BCUT2D eigenvalue weighted by Gasteiger charge is 2.22. The van der Waals surface area contributed by atoms with Gasteiger partial charge in [-0.05, 0) is 34.1 Å². The van der Waals surface area contributed by atoms with Crippen molar-refractivity contribution in [1.29, 1.82) is 0 Å². The lowest BCUT2D eigenvalue weighted by molar-refractivity contribution is -0.129. The molecule has 0 aromatic rings. The highest BCUT2D eigenvalue weighted by atomic mass is 16.2. The van der Waals surface area contributed by atoms with Gasteiger partial charge in [0.25, 0.3) is 0 Å². The van der Waals surface area contributed by atoms with E-state index in [2.05, 4.69) is 31.4 Å². The Bertz CT molecular complexity index is 323. The summed E-state index contributed by atoms with van der Waals surface area (Å²) in [5, 5.41) is 6.22. The van der Waals surface area contributed by atoms with Crippen molar-refractivity contribution in [3.8, 4) is 0 Å². The lowest BCUT2D eigenvalue weighted by Gasteiger charge is -2.23. The van der Waals surface area contributed by atoms with Crippen molar-refractivity contribution in [2.75, 3.05) is 19.6 Å². The van der Waals surface area contributed by atoms with Crippen LogP contribution in [0.5, 0.6) is 0 Å². The number of rotatable bonds is 6. The van der Waals surface area contributed by atoms with Gasteiger partial charge in [0.2, 0.25) is 11.8 Å². The molecule has 1 saturated heterocycles. The highest BCUT2D eigenvalue weighted by molar-refractivity contribution is 5.78. The SMILES string of the molecule is CC(CN1CCCC1=O)NC(=O)CCNC(C)(C)C. The maximum Gasteiger partial charge on any atom is 0.222 e. The zero-order valence-corrected chi connectivity index (χ0v) is 12.6. The fraction of sp³-hybridized carbons (Fsp3) is 0.857. The smallest absolute Gasteiger partial charge is 0.222 e. The molecule has 0 aromatic carbocycles. The first-order chi connectivity index (χ1) is 8.78. The van der Waals surface area contributed by atoms with E-state index in [9.17, 15) is 9.59 Å². The van der Waals surface area contributed by atoms with Crippen molar-refractivity contribution in [2.24, 2.45) is 0 Å². The third-order valence-corrected chi connectivity index (χ3v) is 3.08. The Morgan fingerprint density at radius 3 is 2.63 bits per heavy atom. The van der Waals surface area contributed by atoms with Crippen molar-refractivity contribution in [1.82, 2.24) is 15.5 Å². The zero-order chi connectivity index (χ0) is 14.5. The molecule has 1 aliphatic heterocycles. The molecule has 0 spiro atoms. The summed E-state index contributed by atoms with van der Waals surface area (Å²) >= 11 is 0. The molecule has 1 fully saturated rings. The molecule has 0 bridgehead atoms. The van der Waals surface area contributed by atoms with E-state index in [4.69, 9.17) is 0 Å². The van der Waals surface area contributed by atoms with Gasteiger partial charge in [0.15, 0.2) is 0 Å². The van der Waals surface area contributed by atoms with Crippen molar-refractivity contribution < 1.29 is 9.59 Å². The van der Waals surface area contributed by atoms with Crippen LogP contribution in [-0.4, -0.2) is 47.9 Å². The summed E-state index contributed by atoms with van der Waals surface area (Å²) in [6.07, 6.45) is 2.06. The van der Waals surface area contributed by atoms with E-state index in [1.54, 1.807) is 0 Å². The van der Waals surface area contributed by atoms with E-state index in [0.29, 0.717) is 25.9 Å². The molecule has 0 saturated carbocycles. The van der Waals surface area contributed by atoms with Crippen molar-refractivity contribution in [2.45, 2.75) is 58.5 Å². The van der Waals surface area contributed by atoms with E-state index < -0.39 is 0 Å². The van der Waals surface area contributed by atoms with Crippen LogP contribution in [0.1, 0.15) is 47.0 Å². The Hall–Kier alpha value is -1.10. The Kier molecular flexibility index (Phi) is 5.79. The first-order valence-electron chi connectivity index (χ1n) is 7.10. The maximum absolute atomic E-state index is 11.7. The Labute approximate surface area is 116 Å². The lowest BCUT2D eigenvalue weighted by atomic mass is 10.1. The van der Waals surface area contributed by atoms with Crippen LogP contribution in [0, 0.1) is 0 Å². The van der Waals surface area contributed by atoms with Crippen molar-refractivity contribution in [3.63, 3.8) is 0 Å². The van der Waals surface area contributed by atoms with Crippen LogP contribution in [0.25, 0.3) is 0 Å². The average molecular weight is 269 g/mol. The van der Waals surface area contributed by atoms with Crippen LogP contribution < -0.4 is 10.6 Å². The van der Waals surface area contributed by atoms with Gasteiger partial charge < -0.3 is 15.5 Å². The van der Waals surface area contributed by atoms with Gasteiger partial charge in [0, 0.05) is 44.1 Å². The summed E-state index contributed by atoms with van der Waals surface area (Å²) in [6, 6.07) is 0.0178. The van der Waals surface area contributed by atoms with Gasteiger partial charge in [0.05, 0.1) is 0 Å². The number of hydrogen-bond acceptors (Lipinski definition) is 3. The predicted octanol–water partition coefficient (Wildman–Crippen LogP) is 0.892. The molecule has 1 rings (SSSR count). The second-order valence-corrected chi connectivity index (χ2v) is 6.34. The van der Waals surface area contributed by atoms with Crippen LogP contribution in [0.2, 0.25) is 0 Å². The standard InChI is InChI=1S/C14H27N3O2/c1-11(10-17-9-5-6-13(17)19)16-12(18)7-8-15-14(2,3)4/h11,15H,5-10H2,1-4H3,(H,16,18). The van der Waals surface area contributed by atoms with E-state index in [1.165, 1.54) is 0 Å². The van der Waals surface area contributed by atoms with E-state index in [-0.39, 0.29) is 23.4 Å². The lowest BCUT2D eigenvalue weighted by Crippen LogP contribution is -2.44. The Morgan fingerprint density at radius 1 is 1.42 bits per heavy atom. The molecule has 1 atom stereocenters. The summed E-state index contributed by atoms with van der Waals surface area (Å²) in [7, 11) is 0. The van der Waals surface area contributed by atoms with E-state index in [0.717, 1.165) is 13.0 Å². The molecule has 0 aliphatic carbocycles. The largest absolute Gasteiger partial charge is 0.352 e. The number of likely N-dealkylation sites (tertiary alicyclic amines) is 1. The summed E-state index contributed by atoms with van der Waals surface area (Å²) in [4.78, 5) is 25.1. The van der Waals surface area contributed by atoms with Gasteiger partial charge in [-0.3, -0.25) is 9.59 Å². The zero-order valence-electron chi connectivity index (χ0n) is 12.6. The summed E-state index contributed by atoms with van der Waals surface area (Å²) < 4.78 is 0. The molecular formula is C14H27N3O2. The van der Waals surface area contributed by atoms with Gasteiger partial charge in [-0.25, -0.2) is 0 Å². The first-order valence-corrected chi connectivity index (χ1v) is 7.10. The summed E-state index contributed by atoms with van der Waals surface area (Å²) in [5.74, 6) is 0.242. The van der Waals surface area contributed by atoms with Crippen LogP contribution >= 0.6 is 0 Å². The van der Waals surface area contributed by atoms with E-state index in [1.807, 2.05) is 11.8 Å². The molecule has 1 unspecified atom stereocenters. The highest BCUT2D eigenvalue weighted by Crippen LogP contribution is 2.09. The van der Waals surface area contributed by atoms with Crippen molar-refractivity contribution in [3.05, 3.63) is 0 Å². The molecular weight excluding hydrogens is 242 g/mol. The van der Waals surface area contributed by atoms with Crippen LogP contribution in [0.3, 0.4) is 0 Å². The first kappa shape index (κ1) is 16.0. The third kappa shape index (κ3) is 6.57. The third-order valence-electron chi connectivity index (χ3n) is 3.08. The van der Waals surface area contributed by atoms with Crippen LogP contribution in [-0.2, 0) is 9.59 Å². The predicted molar refractivity (Wildman–Crippen MR) is 75.8 cm³/mol. The topological polar surface area (TPSA) is 61.4 Å². The normalized spacial score (nSPS) is 17.7. The number of carbonyl (C=O) groups excluding carboxylic acids is 2. The van der Waals surface area contributed by atoms with Gasteiger partial charge in [-0.15, -0.1) is 0 Å². The number of nitrogens with zero attached hydrogens (tertiary/aromatic N) is 1. The molecule has 1 aliphatic rings. The molecule has 1 heterocycles. The number of hydrogen-bond donors (Lipinski definition) is 2. The van der Waals surface area contributed by atoms with Gasteiger partial charge in [0.1, 0.15) is 0 Å². The second kappa shape index (κ2) is 6.89. The Morgan fingerprint density at radius 2 is 2.11 bits per heavy atom. The molecule has 0 aromatic heterocycles. The van der Waals surface area contributed by atoms with Gasteiger partial charge >= 0.3 is 0 Å². The van der Waals surface area contributed by atoms with Crippen LogP contribution in [0.15, 0.2) is 0 Å². The minimum atomic E-state index is 0.0178. The molecule has 2 amide bonds. The van der Waals surface area contributed by atoms with E-state index >= 15 is 0 Å². The molecule has 5 heteroatoms. The minimum Gasteiger partial charge on any atom is -0.352 e. The molecule has 2 N–H and O–H groups in total. The average Bonchev–Trinajstić information content (AvgIpc) is 2.62. The number of nitrogens with one attached hydrogen (secondary N) is 2. The summed E-state index contributed by atoms with van der Waals surface area (Å²) in [5.41, 5.74) is 0.0356. The Balaban J connectivity index is 2.19. The van der Waals surface area contributed by atoms with Crippen molar-refractivity contribution >= 4 is 11.8 Å².